The summed E-state index contributed by atoms with van der Waals surface area (Å²) in [4.78, 5) is 12.0. The third-order valence-electron chi connectivity index (χ3n) is 2.68. The minimum Gasteiger partial charge on any atom is -0.409 e. The molecule has 0 saturated heterocycles. The van der Waals surface area contributed by atoms with Gasteiger partial charge in [0.15, 0.2) is 0 Å². The molecule has 0 aliphatic rings. The van der Waals surface area contributed by atoms with E-state index in [2.05, 4.69) is 10.5 Å². The average Bonchev–Trinajstić information content (AvgIpc) is 2.35. The monoisotopic (exact) mass is 303 g/mol. The lowest BCUT2D eigenvalue weighted by Gasteiger charge is -2.23. The molecule has 0 bridgehead atoms. The number of hydrogen-bond donors (Lipinski definition) is 3. The fourth-order valence-corrected chi connectivity index (χ4v) is 1.90. The average molecular weight is 304 g/mol. The SMILES string of the molecule is CC(C)(CNC(=O)c1c(Cl)cccc1Cl)/C(N)=N/O. The van der Waals surface area contributed by atoms with Gasteiger partial charge in [-0.1, -0.05) is 48.3 Å². The van der Waals surface area contributed by atoms with Crippen molar-refractivity contribution in [1.29, 1.82) is 0 Å². The third-order valence-corrected chi connectivity index (χ3v) is 3.31. The molecule has 0 radical (unpaired) electrons. The van der Waals surface area contributed by atoms with E-state index < -0.39 is 11.3 Å². The van der Waals surface area contributed by atoms with E-state index >= 15 is 0 Å². The van der Waals surface area contributed by atoms with Crippen LogP contribution in [0.2, 0.25) is 10.0 Å². The van der Waals surface area contributed by atoms with Crippen molar-refractivity contribution in [2.45, 2.75) is 13.8 Å². The van der Waals surface area contributed by atoms with Gasteiger partial charge in [0.2, 0.25) is 0 Å². The highest BCUT2D eigenvalue weighted by molar-refractivity contribution is 6.39. The molecule has 0 aliphatic carbocycles. The van der Waals surface area contributed by atoms with Crippen molar-refractivity contribution in [2.75, 3.05) is 6.54 Å². The lowest BCUT2D eigenvalue weighted by Crippen LogP contribution is -2.42. The fraction of sp³-hybridized carbons (Fsp3) is 0.333. The Labute approximate surface area is 121 Å². The van der Waals surface area contributed by atoms with Crippen LogP contribution in [0, 0.1) is 5.41 Å². The number of nitrogens with zero attached hydrogens (tertiary/aromatic N) is 1. The summed E-state index contributed by atoms with van der Waals surface area (Å²) in [7, 11) is 0. The zero-order valence-corrected chi connectivity index (χ0v) is 12.1. The molecule has 5 nitrogen and oxygen atoms in total. The number of oxime groups is 1. The van der Waals surface area contributed by atoms with Crippen LogP contribution in [0.3, 0.4) is 0 Å². The Morgan fingerprint density at radius 2 is 1.95 bits per heavy atom. The van der Waals surface area contributed by atoms with Crippen LogP contribution in [0.1, 0.15) is 24.2 Å². The van der Waals surface area contributed by atoms with Gasteiger partial charge in [0.1, 0.15) is 5.84 Å². The van der Waals surface area contributed by atoms with E-state index in [1.807, 2.05) is 0 Å². The normalized spacial score (nSPS) is 12.3. The lowest BCUT2D eigenvalue weighted by atomic mass is 9.92. The molecule has 0 atom stereocenters. The van der Waals surface area contributed by atoms with E-state index in [-0.39, 0.29) is 28.0 Å². The summed E-state index contributed by atoms with van der Waals surface area (Å²) in [6.07, 6.45) is 0. The van der Waals surface area contributed by atoms with Crippen LogP contribution in [0.15, 0.2) is 23.4 Å². The Kier molecular flexibility index (Phi) is 5.03. The van der Waals surface area contributed by atoms with Gasteiger partial charge in [0.05, 0.1) is 15.6 Å². The van der Waals surface area contributed by atoms with Gasteiger partial charge in [-0.25, -0.2) is 0 Å². The van der Waals surface area contributed by atoms with Gasteiger partial charge >= 0.3 is 0 Å². The van der Waals surface area contributed by atoms with Gasteiger partial charge in [0, 0.05) is 12.0 Å². The lowest BCUT2D eigenvalue weighted by molar-refractivity contribution is 0.0944. The number of benzene rings is 1. The number of hydrogen-bond acceptors (Lipinski definition) is 3. The van der Waals surface area contributed by atoms with Gasteiger partial charge in [-0.05, 0) is 12.1 Å². The Bertz CT molecular complexity index is 495. The molecule has 0 saturated carbocycles. The molecule has 0 aliphatic heterocycles. The Balaban J connectivity index is 2.82. The van der Waals surface area contributed by atoms with E-state index in [0.29, 0.717) is 0 Å². The fourth-order valence-electron chi connectivity index (χ4n) is 1.33. The van der Waals surface area contributed by atoms with Crippen LogP contribution >= 0.6 is 23.2 Å². The van der Waals surface area contributed by atoms with Crippen molar-refractivity contribution in [3.63, 3.8) is 0 Å². The van der Waals surface area contributed by atoms with Crippen molar-refractivity contribution in [3.05, 3.63) is 33.8 Å². The van der Waals surface area contributed by atoms with Gasteiger partial charge in [-0.15, -0.1) is 0 Å². The smallest absolute Gasteiger partial charge is 0.254 e. The zero-order valence-electron chi connectivity index (χ0n) is 10.6. The molecule has 0 spiro atoms. The summed E-state index contributed by atoms with van der Waals surface area (Å²) in [5.74, 6) is -0.382. The molecule has 1 aromatic carbocycles. The highest BCUT2D eigenvalue weighted by Crippen LogP contribution is 2.24. The molecule has 4 N–H and O–H groups in total. The standard InChI is InChI=1S/C12H15Cl2N3O2/c1-12(2,11(15)17-19)6-16-10(18)9-7(13)4-3-5-8(9)14/h3-5,19H,6H2,1-2H3,(H2,15,17)(H,16,18). The first kappa shape index (κ1) is 15.6. The van der Waals surface area contributed by atoms with Crippen molar-refractivity contribution in [1.82, 2.24) is 5.32 Å². The maximum Gasteiger partial charge on any atom is 0.254 e. The van der Waals surface area contributed by atoms with E-state index in [4.69, 9.17) is 34.1 Å². The summed E-state index contributed by atoms with van der Waals surface area (Å²) in [6, 6.07) is 4.82. The molecule has 104 valence electrons. The van der Waals surface area contributed by atoms with Gasteiger partial charge < -0.3 is 16.3 Å². The number of carbonyl (C=O) groups excluding carboxylic acids is 1. The number of carbonyl (C=O) groups is 1. The van der Waals surface area contributed by atoms with Crippen LogP contribution < -0.4 is 11.1 Å². The highest BCUT2D eigenvalue weighted by atomic mass is 35.5. The van der Waals surface area contributed by atoms with Gasteiger partial charge in [0.25, 0.3) is 5.91 Å². The molecular weight excluding hydrogens is 289 g/mol. The first-order valence-corrected chi connectivity index (χ1v) is 6.25. The quantitative estimate of drug-likeness (QED) is 0.345. The van der Waals surface area contributed by atoms with E-state index in [1.54, 1.807) is 32.0 Å². The zero-order chi connectivity index (χ0) is 14.6. The molecule has 1 aromatic rings. The van der Waals surface area contributed by atoms with E-state index in [1.165, 1.54) is 0 Å². The molecule has 0 fully saturated rings. The minimum absolute atomic E-state index is 0.0260. The topological polar surface area (TPSA) is 87.7 Å². The second-order valence-electron chi connectivity index (χ2n) is 4.65. The minimum atomic E-state index is -0.682. The van der Waals surface area contributed by atoms with Crippen LogP contribution in [0.5, 0.6) is 0 Å². The number of halogens is 2. The second-order valence-corrected chi connectivity index (χ2v) is 5.46. The molecule has 19 heavy (non-hydrogen) atoms. The summed E-state index contributed by atoms with van der Waals surface area (Å²) >= 11 is 11.9. The summed E-state index contributed by atoms with van der Waals surface area (Å²) in [5, 5.41) is 14.8. The summed E-state index contributed by atoms with van der Waals surface area (Å²) in [6.45, 7) is 3.65. The number of amidine groups is 1. The first-order chi connectivity index (χ1) is 8.79. The van der Waals surface area contributed by atoms with Gasteiger partial charge in [-0.3, -0.25) is 4.79 Å². The molecule has 7 heteroatoms. The third kappa shape index (κ3) is 3.75. The predicted molar refractivity (Wildman–Crippen MR) is 76.0 cm³/mol. The summed E-state index contributed by atoms with van der Waals surface area (Å²) < 4.78 is 0. The maximum atomic E-state index is 12.0. The molecule has 0 heterocycles. The molecule has 1 rings (SSSR count). The van der Waals surface area contributed by atoms with Crippen LogP contribution in [0.25, 0.3) is 0 Å². The largest absolute Gasteiger partial charge is 0.409 e. The Morgan fingerprint density at radius 1 is 1.42 bits per heavy atom. The Morgan fingerprint density at radius 3 is 2.42 bits per heavy atom. The van der Waals surface area contributed by atoms with Crippen molar-refractivity contribution in [3.8, 4) is 0 Å². The second kappa shape index (κ2) is 6.12. The van der Waals surface area contributed by atoms with Crippen molar-refractivity contribution < 1.29 is 10.0 Å². The van der Waals surface area contributed by atoms with Crippen molar-refractivity contribution in [2.24, 2.45) is 16.3 Å². The summed E-state index contributed by atoms with van der Waals surface area (Å²) in [5.41, 5.74) is 5.06. The first-order valence-electron chi connectivity index (χ1n) is 5.50. The maximum absolute atomic E-state index is 12.0. The van der Waals surface area contributed by atoms with Gasteiger partial charge in [-0.2, -0.15) is 0 Å². The molecular formula is C12H15Cl2N3O2. The van der Waals surface area contributed by atoms with Crippen molar-refractivity contribution >= 4 is 34.9 Å². The molecule has 0 aromatic heterocycles. The number of rotatable bonds is 4. The molecule has 0 unspecified atom stereocenters. The Hall–Kier alpha value is -1.46. The number of amides is 1. The van der Waals surface area contributed by atoms with Crippen LogP contribution in [0.4, 0.5) is 0 Å². The van der Waals surface area contributed by atoms with Crippen LogP contribution in [-0.4, -0.2) is 23.5 Å². The number of nitrogens with one attached hydrogen (secondary N) is 1. The van der Waals surface area contributed by atoms with E-state index in [0.717, 1.165) is 0 Å². The molecule has 1 amide bonds. The van der Waals surface area contributed by atoms with Crippen LogP contribution in [-0.2, 0) is 0 Å². The van der Waals surface area contributed by atoms with E-state index in [9.17, 15) is 4.79 Å². The number of nitrogens with two attached hydrogens (primary N) is 1. The highest BCUT2D eigenvalue weighted by Gasteiger charge is 2.25. The predicted octanol–water partition coefficient (Wildman–Crippen LogP) is 2.50.